The summed E-state index contributed by atoms with van der Waals surface area (Å²) < 4.78 is 7.97. The number of benzene rings is 2. The Morgan fingerprint density at radius 2 is 1.76 bits per heavy atom. The Morgan fingerprint density at radius 1 is 1.00 bits per heavy atom. The number of aliphatic hydroxyl groups excluding tert-OH is 1. The van der Waals surface area contributed by atoms with E-state index in [1.165, 1.54) is 0 Å². The van der Waals surface area contributed by atoms with Gasteiger partial charge >= 0.3 is 0 Å². The second kappa shape index (κ2) is 12.6. The number of aromatic nitrogens is 2. The number of aliphatic hydroxyl groups is 1. The number of hydrogen-bond donors (Lipinski definition) is 1. The number of carbonyl (C=O) groups is 2. The number of likely N-dealkylation sites (tertiary alicyclic amines) is 1. The van der Waals surface area contributed by atoms with Crippen molar-refractivity contribution in [3.8, 4) is 5.75 Å². The van der Waals surface area contributed by atoms with Crippen LogP contribution in [0.3, 0.4) is 0 Å². The minimum Gasteiger partial charge on any atom is -0.505 e. The van der Waals surface area contributed by atoms with E-state index in [1.807, 2.05) is 91.2 Å². The Morgan fingerprint density at radius 3 is 2.48 bits per heavy atom. The molecule has 3 heterocycles. The van der Waals surface area contributed by atoms with Crippen molar-refractivity contribution in [1.82, 2.24) is 19.2 Å². The van der Waals surface area contributed by atoms with Crippen LogP contribution in [0, 0.1) is 13.8 Å². The lowest BCUT2D eigenvalue weighted by molar-refractivity contribution is -0.140. The third kappa shape index (κ3) is 5.67. The number of hydrogen-bond acceptors (Lipinski definition) is 6. The molecule has 1 atom stereocenters. The van der Waals surface area contributed by atoms with Crippen LogP contribution in [-0.4, -0.2) is 62.2 Å². The fraction of sp³-hybridized carbons (Fsp3) is 0.324. The lowest BCUT2D eigenvalue weighted by Crippen LogP contribution is -2.33. The van der Waals surface area contributed by atoms with Gasteiger partial charge in [-0.2, -0.15) is 0 Å². The topological polar surface area (TPSA) is 87.4 Å². The first kappa shape index (κ1) is 29.1. The van der Waals surface area contributed by atoms with Crippen molar-refractivity contribution in [2.75, 3.05) is 26.2 Å². The van der Waals surface area contributed by atoms with Gasteiger partial charge in [-0.15, -0.1) is 0 Å². The molecule has 1 amide bonds. The predicted octanol–water partition coefficient (Wildman–Crippen LogP) is 5.68. The highest BCUT2D eigenvalue weighted by atomic mass is 16.5. The van der Waals surface area contributed by atoms with E-state index in [0.717, 1.165) is 30.8 Å². The standard InChI is InChI=1S/C34H38N4O4/c1-5-36(6-2)18-12-20-38-30(26-16-10-17-27(21-26)42-22-25-14-8-7-9-15-25)28(32(40)34(38)41)31(39)29-24(4)37-19-11-13-23(3)33(37)35-29/h7-11,13-17,19,21,30,39H,5-6,12,18,20,22H2,1-4H3. The summed E-state index contributed by atoms with van der Waals surface area (Å²) in [4.78, 5) is 35.7. The molecule has 0 aliphatic carbocycles. The first-order chi connectivity index (χ1) is 20.3. The zero-order chi connectivity index (χ0) is 29.8. The Bertz CT molecular complexity index is 1620. The van der Waals surface area contributed by atoms with E-state index in [0.29, 0.717) is 47.9 Å². The minimum atomic E-state index is -0.771. The number of Topliss-reactive ketones (excluding diaryl/α,β-unsaturated/α-hetero) is 1. The van der Waals surface area contributed by atoms with E-state index >= 15 is 0 Å². The average molecular weight is 567 g/mol. The van der Waals surface area contributed by atoms with Gasteiger partial charge in [-0.3, -0.25) is 9.59 Å². The second-order valence-electron chi connectivity index (χ2n) is 10.7. The number of aryl methyl sites for hydroxylation is 2. The zero-order valence-corrected chi connectivity index (χ0v) is 24.7. The molecule has 0 spiro atoms. The Labute approximate surface area is 246 Å². The van der Waals surface area contributed by atoms with Gasteiger partial charge in [-0.1, -0.05) is 62.4 Å². The molecule has 1 aliphatic rings. The van der Waals surface area contributed by atoms with Crippen LogP contribution in [0.1, 0.15) is 54.4 Å². The van der Waals surface area contributed by atoms with Crippen LogP contribution in [0.5, 0.6) is 5.75 Å². The number of amides is 1. The molecule has 5 rings (SSSR count). The van der Waals surface area contributed by atoms with Crippen molar-refractivity contribution < 1.29 is 19.4 Å². The Kier molecular flexibility index (Phi) is 8.73. The highest BCUT2D eigenvalue weighted by molar-refractivity contribution is 6.46. The highest BCUT2D eigenvalue weighted by Crippen LogP contribution is 2.41. The largest absolute Gasteiger partial charge is 0.505 e. The fourth-order valence-corrected chi connectivity index (χ4v) is 5.65. The number of ketones is 1. The first-order valence-corrected chi connectivity index (χ1v) is 14.6. The summed E-state index contributed by atoms with van der Waals surface area (Å²) in [5, 5.41) is 11.7. The summed E-state index contributed by atoms with van der Waals surface area (Å²) in [5.74, 6) is -0.969. The molecular weight excluding hydrogens is 528 g/mol. The quantitative estimate of drug-likeness (QED) is 0.143. The molecule has 42 heavy (non-hydrogen) atoms. The van der Waals surface area contributed by atoms with Crippen LogP contribution in [-0.2, 0) is 16.2 Å². The Balaban J connectivity index is 1.56. The molecule has 1 saturated heterocycles. The van der Waals surface area contributed by atoms with E-state index in [9.17, 15) is 14.7 Å². The molecule has 1 unspecified atom stereocenters. The van der Waals surface area contributed by atoms with Crippen LogP contribution in [0.25, 0.3) is 11.4 Å². The maximum Gasteiger partial charge on any atom is 0.295 e. The minimum absolute atomic E-state index is 0.0483. The van der Waals surface area contributed by atoms with Crippen molar-refractivity contribution in [2.45, 2.75) is 46.8 Å². The Hall–Kier alpha value is -4.43. The zero-order valence-electron chi connectivity index (χ0n) is 24.7. The monoisotopic (exact) mass is 566 g/mol. The van der Waals surface area contributed by atoms with Gasteiger partial charge in [0, 0.05) is 12.7 Å². The van der Waals surface area contributed by atoms with E-state index in [-0.39, 0.29) is 11.3 Å². The molecular formula is C34H38N4O4. The van der Waals surface area contributed by atoms with Gasteiger partial charge < -0.3 is 24.0 Å². The van der Waals surface area contributed by atoms with Gasteiger partial charge in [0.25, 0.3) is 11.7 Å². The summed E-state index contributed by atoms with van der Waals surface area (Å²) >= 11 is 0. The molecule has 1 fully saturated rings. The number of rotatable bonds is 11. The molecule has 1 N–H and O–H groups in total. The summed E-state index contributed by atoms with van der Waals surface area (Å²) in [5.41, 5.74) is 4.40. The van der Waals surface area contributed by atoms with Gasteiger partial charge in [-0.25, -0.2) is 4.98 Å². The number of nitrogens with zero attached hydrogens (tertiary/aromatic N) is 4. The lowest BCUT2D eigenvalue weighted by atomic mass is 9.96. The SMILES string of the molecule is CCN(CC)CCCN1C(=O)C(=O)C(=C(O)c2nc3c(C)cccn3c2C)C1c1cccc(OCc2ccccc2)c1. The van der Waals surface area contributed by atoms with Crippen molar-refractivity contribution in [1.29, 1.82) is 0 Å². The average Bonchev–Trinajstić information content (AvgIpc) is 3.48. The normalized spacial score (nSPS) is 16.6. The second-order valence-corrected chi connectivity index (χ2v) is 10.7. The summed E-state index contributed by atoms with van der Waals surface area (Å²) in [6, 6.07) is 20.4. The predicted molar refractivity (Wildman–Crippen MR) is 163 cm³/mol. The van der Waals surface area contributed by atoms with Gasteiger partial charge in [0.05, 0.1) is 17.3 Å². The molecule has 0 saturated carbocycles. The van der Waals surface area contributed by atoms with E-state index in [1.54, 1.807) is 4.90 Å². The van der Waals surface area contributed by atoms with Crippen molar-refractivity contribution >= 4 is 23.1 Å². The van der Waals surface area contributed by atoms with Gasteiger partial charge in [0.1, 0.15) is 23.7 Å². The fourth-order valence-electron chi connectivity index (χ4n) is 5.65. The summed E-state index contributed by atoms with van der Waals surface area (Å²) in [6.45, 7) is 11.4. The number of imidazole rings is 1. The molecule has 2 aromatic heterocycles. The van der Waals surface area contributed by atoms with Crippen LogP contribution in [0.15, 0.2) is 78.5 Å². The molecule has 0 bridgehead atoms. The van der Waals surface area contributed by atoms with Crippen molar-refractivity contribution in [3.63, 3.8) is 0 Å². The van der Waals surface area contributed by atoms with Crippen LogP contribution < -0.4 is 4.74 Å². The molecule has 8 nitrogen and oxygen atoms in total. The number of fused-ring (bicyclic) bond motifs is 1. The molecule has 8 heteroatoms. The molecule has 0 radical (unpaired) electrons. The number of carbonyl (C=O) groups excluding carboxylic acids is 2. The van der Waals surface area contributed by atoms with Crippen LogP contribution in [0.2, 0.25) is 0 Å². The van der Waals surface area contributed by atoms with E-state index in [2.05, 4.69) is 18.7 Å². The number of pyridine rings is 1. The number of ether oxygens (including phenoxy) is 1. The van der Waals surface area contributed by atoms with Crippen LogP contribution in [0.4, 0.5) is 0 Å². The molecule has 1 aliphatic heterocycles. The van der Waals surface area contributed by atoms with E-state index in [4.69, 9.17) is 9.72 Å². The maximum absolute atomic E-state index is 13.6. The van der Waals surface area contributed by atoms with Gasteiger partial charge in [0.15, 0.2) is 5.76 Å². The third-order valence-electron chi connectivity index (χ3n) is 8.04. The molecule has 218 valence electrons. The van der Waals surface area contributed by atoms with Crippen LogP contribution >= 0.6 is 0 Å². The van der Waals surface area contributed by atoms with Gasteiger partial charge in [0.2, 0.25) is 0 Å². The highest BCUT2D eigenvalue weighted by Gasteiger charge is 2.46. The smallest absolute Gasteiger partial charge is 0.295 e. The summed E-state index contributed by atoms with van der Waals surface area (Å²) in [6.07, 6.45) is 2.57. The third-order valence-corrected chi connectivity index (χ3v) is 8.04. The van der Waals surface area contributed by atoms with Crippen molar-refractivity contribution in [3.05, 3.63) is 107 Å². The first-order valence-electron chi connectivity index (χ1n) is 14.6. The lowest BCUT2D eigenvalue weighted by Gasteiger charge is -2.27. The molecule has 2 aromatic carbocycles. The van der Waals surface area contributed by atoms with E-state index < -0.39 is 17.7 Å². The molecule has 4 aromatic rings. The summed E-state index contributed by atoms with van der Waals surface area (Å²) in [7, 11) is 0. The van der Waals surface area contributed by atoms with Gasteiger partial charge in [-0.05, 0) is 74.8 Å². The van der Waals surface area contributed by atoms with Crippen molar-refractivity contribution in [2.24, 2.45) is 0 Å². The maximum atomic E-state index is 13.6.